The highest BCUT2D eigenvalue weighted by Gasteiger charge is 2.25. The Kier molecular flexibility index (Phi) is 9.61. The van der Waals surface area contributed by atoms with Crippen molar-refractivity contribution in [2.75, 3.05) is 24.5 Å². The molecule has 0 radical (unpaired) electrons. The van der Waals surface area contributed by atoms with Crippen LogP contribution in [0.5, 0.6) is 0 Å². The van der Waals surface area contributed by atoms with E-state index < -0.39 is 0 Å². The van der Waals surface area contributed by atoms with Crippen LogP contribution < -0.4 is 10.2 Å². The van der Waals surface area contributed by atoms with Crippen molar-refractivity contribution in [2.45, 2.75) is 53.5 Å². The number of hydrogen-bond acceptors (Lipinski definition) is 5. The van der Waals surface area contributed by atoms with E-state index in [1.807, 2.05) is 44.3 Å². The van der Waals surface area contributed by atoms with Gasteiger partial charge < -0.3 is 10.2 Å². The summed E-state index contributed by atoms with van der Waals surface area (Å²) in [5.74, 6) is 1.00. The highest BCUT2D eigenvalue weighted by molar-refractivity contribution is 6.30. The number of benzene rings is 1. The number of nitrogens with zero attached hydrogens (tertiary/aromatic N) is 4. The molecule has 2 aromatic heterocycles. The molecule has 1 saturated heterocycles. The number of aryl methyl sites for hydroxylation is 3. The quantitative estimate of drug-likeness (QED) is 0.486. The van der Waals surface area contributed by atoms with Gasteiger partial charge in [-0.05, 0) is 69.5 Å². The van der Waals surface area contributed by atoms with Crippen LogP contribution in [0.25, 0.3) is 5.57 Å². The van der Waals surface area contributed by atoms with E-state index in [9.17, 15) is 0 Å². The molecule has 1 aliphatic rings. The summed E-state index contributed by atoms with van der Waals surface area (Å²) in [6.45, 7) is 13.5. The molecular formula is C28H36ClN5. The Balaban J connectivity index is 0.000000248. The number of nitrogens with one attached hydrogen (secondary N) is 1. The Hall–Kier alpha value is -2.76. The Morgan fingerprint density at radius 2 is 2.00 bits per heavy atom. The number of piperazine rings is 1. The van der Waals surface area contributed by atoms with Crippen molar-refractivity contribution < 1.29 is 0 Å². The number of anilines is 1. The fraction of sp³-hybridized carbons (Fsp3) is 0.393. The molecule has 1 aromatic carbocycles. The summed E-state index contributed by atoms with van der Waals surface area (Å²) < 4.78 is 0. The van der Waals surface area contributed by atoms with Crippen LogP contribution in [0.3, 0.4) is 0 Å². The van der Waals surface area contributed by atoms with Crippen molar-refractivity contribution in [3.05, 3.63) is 88.1 Å². The molecule has 1 N–H and O–H groups in total. The second-order valence-electron chi connectivity index (χ2n) is 8.64. The zero-order valence-corrected chi connectivity index (χ0v) is 21.7. The first-order valence-electron chi connectivity index (χ1n) is 12.1. The van der Waals surface area contributed by atoms with Crippen LogP contribution in [0.2, 0.25) is 5.02 Å². The Labute approximate surface area is 209 Å². The molecule has 1 aliphatic heterocycles. The molecule has 3 aromatic rings. The van der Waals surface area contributed by atoms with Crippen molar-refractivity contribution in [2.24, 2.45) is 0 Å². The molecular weight excluding hydrogens is 442 g/mol. The largest absolute Gasteiger partial charge is 0.351 e. The lowest BCUT2D eigenvalue weighted by Crippen LogP contribution is -2.50. The van der Waals surface area contributed by atoms with Crippen molar-refractivity contribution in [3.8, 4) is 0 Å². The van der Waals surface area contributed by atoms with Gasteiger partial charge in [0, 0.05) is 48.0 Å². The molecule has 0 saturated carbocycles. The minimum Gasteiger partial charge on any atom is -0.351 e. The zero-order valence-electron chi connectivity index (χ0n) is 21.0. The first-order valence-corrected chi connectivity index (χ1v) is 12.5. The van der Waals surface area contributed by atoms with E-state index >= 15 is 0 Å². The first kappa shape index (κ1) is 25.9. The topological polar surface area (TPSA) is 53.9 Å². The van der Waals surface area contributed by atoms with E-state index in [1.54, 1.807) is 6.33 Å². The fourth-order valence-corrected chi connectivity index (χ4v) is 4.47. The molecule has 1 fully saturated rings. The summed E-state index contributed by atoms with van der Waals surface area (Å²) in [4.78, 5) is 15.9. The third kappa shape index (κ3) is 6.43. The predicted octanol–water partition coefficient (Wildman–Crippen LogP) is 6.03. The van der Waals surface area contributed by atoms with Gasteiger partial charge in [-0.1, -0.05) is 43.2 Å². The average Bonchev–Trinajstić information content (AvgIpc) is 2.84. The summed E-state index contributed by atoms with van der Waals surface area (Å²) in [5.41, 5.74) is 6.83. The van der Waals surface area contributed by atoms with E-state index in [0.717, 1.165) is 59.4 Å². The number of rotatable bonds is 5. The van der Waals surface area contributed by atoms with Crippen LogP contribution in [0.15, 0.2) is 55.0 Å². The van der Waals surface area contributed by atoms with E-state index in [0.29, 0.717) is 6.04 Å². The summed E-state index contributed by atoms with van der Waals surface area (Å²) in [7, 11) is 0. The highest BCUT2D eigenvalue weighted by atomic mass is 35.5. The number of allylic oxidation sites excluding steroid dienone is 1. The van der Waals surface area contributed by atoms with E-state index in [2.05, 4.69) is 64.1 Å². The number of halogens is 1. The summed E-state index contributed by atoms with van der Waals surface area (Å²) >= 11 is 5.85. The molecule has 1 atom stereocenters. The molecule has 0 bridgehead atoms. The average molecular weight is 478 g/mol. The molecule has 3 heterocycles. The van der Waals surface area contributed by atoms with Crippen molar-refractivity contribution in [3.63, 3.8) is 0 Å². The molecule has 6 heteroatoms. The molecule has 5 nitrogen and oxygen atoms in total. The maximum atomic E-state index is 5.85. The normalized spacial score (nSPS) is 16.1. The highest BCUT2D eigenvalue weighted by Crippen LogP contribution is 2.32. The monoisotopic (exact) mass is 477 g/mol. The predicted molar refractivity (Wildman–Crippen MR) is 144 cm³/mol. The minimum absolute atomic E-state index is 0.402. The third-order valence-electron chi connectivity index (χ3n) is 6.12. The molecule has 0 aliphatic carbocycles. The molecule has 180 valence electrons. The second-order valence-corrected chi connectivity index (χ2v) is 9.08. The number of pyridine rings is 1. The van der Waals surface area contributed by atoms with Gasteiger partial charge in [0.1, 0.15) is 12.1 Å². The van der Waals surface area contributed by atoms with Crippen LogP contribution >= 0.6 is 11.6 Å². The van der Waals surface area contributed by atoms with Crippen LogP contribution in [0.4, 0.5) is 5.82 Å². The fourth-order valence-electron chi connectivity index (χ4n) is 4.27. The maximum Gasteiger partial charge on any atom is 0.140 e. The summed E-state index contributed by atoms with van der Waals surface area (Å²) in [5, 5.41) is 4.28. The maximum absolute atomic E-state index is 5.85. The van der Waals surface area contributed by atoms with Gasteiger partial charge in [0.2, 0.25) is 0 Å². The van der Waals surface area contributed by atoms with E-state index in [1.165, 1.54) is 17.5 Å². The van der Waals surface area contributed by atoms with E-state index in [-0.39, 0.29) is 0 Å². The summed E-state index contributed by atoms with van der Waals surface area (Å²) in [6.07, 6.45) is 7.90. The standard InChI is InChI=1S/C18H23N5.C10H13Cl/c1-4-15(16-7-5-6-8-20-16)17-14(3)21-12-22-18(17)23-10-9-19-11-13(23)2;1-3-4-9-7-10(11)6-5-8(9)2/h4-8,12-13,19H,9-11H2,1-3H3;5-7H,3-4H2,1-2H3/b15-4-;. The number of hydrogen-bond donors (Lipinski definition) is 1. The van der Waals surface area contributed by atoms with Crippen molar-refractivity contribution >= 4 is 23.0 Å². The summed E-state index contributed by atoms with van der Waals surface area (Å²) in [6, 6.07) is 12.5. The second kappa shape index (κ2) is 12.6. The Morgan fingerprint density at radius 3 is 2.68 bits per heavy atom. The Morgan fingerprint density at radius 1 is 1.18 bits per heavy atom. The number of aromatic nitrogens is 3. The zero-order chi connectivity index (χ0) is 24.5. The van der Waals surface area contributed by atoms with Gasteiger partial charge in [0.25, 0.3) is 0 Å². The minimum atomic E-state index is 0.402. The van der Waals surface area contributed by atoms with Gasteiger partial charge in [0.15, 0.2) is 0 Å². The molecule has 1 unspecified atom stereocenters. The molecule has 0 amide bonds. The van der Waals surface area contributed by atoms with Gasteiger partial charge >= 0.3 is 0 Å². The Bertz CT molecular complexity index is 1100. The van der Waals surface area contributed by atoms with Crippen molar-refractivity contribution in [1.29, 1.82) is 0 Å². The lowest BCUT2D eigenvalue weighted by atomic mass is 9.99. The molecule has 34 heavy (non-hydrogen) atoms. The lowest BCUT2D eigenvalue weighted by molar-refractivity contribution is 0.496. The van der Waals surface area contributed by atoms with Gasteiger partial charge in [-0.3, -0.25) is 4.98 Å². The smallest absolute Gasteiger partial charge is 0.140 e. The third-order valence-corrected chi connectivity index (χ3v) is 6.35. The van der Waals surface area contributed by atoms with Crippen LogP contribution in [0.1, 0.15) is 55.3 Å². The lowest BCUT2D eigenvalue weighted by Gasteiger charge is -2.36. The SMILES string of the molecule is C/C=C(/c1ccccn1)c1c(C)ncnc1N1CCNCC1C.CCCc1cc(Cl)ccc1C. The van der Waals surface area contributed by atoms with Crippen molar-refractivity contribution in [1.82, 2.24) is 20.3 Å². The van der Waals surface area contributed by atoms with Gasteiger partial charge in [-0.15, -0.1) is 0 Å². The molecule has 0 spiro atoms. The van der Waals surface area contributed by atoms with E-state index in [4.69, 9.17) is 11.6 Å². The first-order chi connectivity index (χ1) is 16.5. The van der Waals surface area contributed by atoms with Crippen LogP contribution in [-0.2, 0) is 6.42 Å². The molecule has 4 rings (SSSR count). The van der Waals surface area contributed by atoms with Gasteiger partial charge in [-0.25, -0.2) is 9.97 Å². The van der Waals surface area contributed by atoms with Gasteiger partial charge in [0.05, 0.1) is 11.4 Å². The van der Waals surface area contributed by atoms with Gasteiger partial charge in [-0.2, -0.15) is 0 Å². The van der Waals surface area contributed by atoms with Crippen LogP contribution in [-0.4, -0.2) is 40.6 Å². The van der Waals surface area contributed by atoms with Crippen LogP contribution in [0, 0.1) is 13.8 Å².